The maximum atomic E-state index is 2.70. The summed E-state index contributed by atoms with van der Waals surface area (Å²) < 4.78 is 0. The average molecular weight is 339 g/mol. The lowest BCUT2D eigenvalue weighted by atomic mass is 9.95. The normalized spacial score (nSPS) is 21.8. The zero-order valence-corrected chi connectivity index (χ0v) is 15.5. The van der Waals surface area contributed by atoms with Gasteiger partial charge in [0.05, 0.1) is 0 Å². The predicted molar refractivity (Wildman–Crippen MR) is 102 cm³/mol. The van der Waals surface area contributed by atoms with Gasteiger partial charge in [-0.25, -0.2) is 0 Å². The third-order valence-corrected chi connectivity index (χ3v) is 6.62. The maximum absolute atomic E-state index is 2.70. The molecule has 4 rings (SSSR count). The smallest absolute Gasteiger partial charge is 0.0401 e. The van der Waals surface area contributed by atoms with E-state index in [-0.39, 0.29) is 0 Å². The van der Waals surface area contributed by atoms with Crippen molar-refractivity contribution in [1.82, 2.24) is 9.80 Å². The number of likely N-dealkylation sites (N-methyl/N-ethyl adjacent to an activating group) is 1. The fourth-order valence-electron chi connectivity index (χ4n) is 3.83. The predicted octanol–water partition coefficient (Wildman–Crippen LogP) is 4.24. The van der Waals surface area contributed by atoms with Crippen LogP contribution in [0.2, 0.25) is 0 Å². The lowest BCUT2D eigenvalue weighted by Crippen LogP contribution is -2.46. The van der Waals surface area contributed by atoms with Crippen LogP contribution in [0.25, 0.3) is 0 Å². The van der Waals surface area contributed by atoms with E-state index in [1.165, 1.54) is 52.7 Å². The minimum Gasteiger partial charge on any atom is -0.304 e. The molecule has 3 heteroatoms. The molecule has 0 unspecified atom stereocenters. The molecule has 2 aromatic carbocycles. The molecule has 1 fully saturated rings. The first kappa shape index (κ1) is 16.2. The first-order valence-corrected chi connectivity index (χ1v) is 9.87. The van der Waals surface area contributed by atoms with Gasteiger partial charge in [0.15, 0.2) is 0 Å². The molecule has 0 aromatic heterocycles. The van der Waals surface area contributed by atoms with Crippen molar-refractivity contribution in [2.45, 2.75) is 35.6 Å². The second kappa shape index (κ2) is 6.91. The summed E-state index contributed by atoms with van der Waals surface area (Å²) in [5, 5.41) is 0. The minimum atomic E-state index is 0.510. The van der Waals surface area contributed by atoms with Crippen molar-refractivity contribution in [3.05, 3.63) is 59.2 Å². The molecule has 0 amide bonds. The Balaban J connectivity index is 1.75. The summed E-state index contributed by atoms with van der Waals surface area (Å²) in [6.07, 6.45) is 2.24. The van der Waals surface area contributed by atoms with Crippen LogP contribution in [0.15, 0.2) is 52.3 Å². The fourth-order valence-corrected chi connectivity index (χ4v) is 5.03. The quantitative estimate of drug-likeness (QED) is 0.808. The molecule has 1 saturated heterocycles. The molecule has 0 saturated carbocycles. The Morgan fingerprint density at radius 2 is 1.79 bits per heavy atom. The Kier molecular flexibility index (Phi) is 4.66. The topological polar surface area (TPSA) is 6.48 Å². The molecule has 2 aromatic rings. The highest BCUT2D eigenvalue weighted by molar-refractivity contribution is 7.99. The first-order chi connectivity index (χ1) is 11.7. The highest BCUT2D eigenvalue weighted by Gasteiger charge is 2.29. The highest BCUT2D eigenvalue weighted by Crippen LogP contribution is 2.43. The zero-order valence-electron chi connectivity index (χ0n) is 14.7. The van der Waals surface area contributed by atoms with Crippen LogP contribution in [0.5, 0.6) is 0 Å². The zero-order chi connectivity index (χ0) is 16.5. The van der Waals surface area contributed by atoms with Gasteiger partial charge in [-0.05, 0) is 48.7 Å². The van der Waals surface area contributed by atoms with E-state index in [0.717, 1.165) is 12.8 Å². The second-order valence-electron chi connectivity index (χ2n) is 6.99. The van der Waals surface area contributed by atoms with Crippen molar-refractivity contribution >= 4 is 11.8 Å². The van der Waals surface area contributed by atoms with E-state index in [1.807, 2.05) is 11.8 Å². The van der Waals surface area contributed by atoms with Crippen LogP contribution < -0.4 is 0 Å². The third-order valence-electron chi connectivity index (χ3n) is 5.43. The SMILES string of the molecule is CCc1ccc2c(c1)Sc1ccccc1C[C@@H]2N1CCN(C)CC1. The second-order valence-corrected chi connectivity index (χ2v) is 8.08. The molecule has 0 bridgehead atoms. The third kappa shape index (κ3) is 3.13. The minimum absolute atomic E-state index is 0.510. The number of hydrogen-bond donors (Lipinski definition) is 0. The Morgan fingerprint density at radius 1 is 1.00 bits per heavy atom. The van der Waals surface area contributed by atoms with Crippen LogP contribution in [0.3, 0.4) is 0 Å². The Bertz CT molecular complexity index is 720. The van der Waals surface area contributed by atoms with Gasteiger partial charge in [-0.2, -0.15) is 0 Å². The fraction of sp³-hybridized carbons (Fsp3) is 0.429. The molecule has 2 aliphatic rings. The summed E-state index contributed by atoms with van der Waals surface area (Å²) in [5.74, 6) is 0. The summed E-state index contributed by atoms with van der Waals surface area (Å²) in [6, 6.07) is 16.6. The number of piperazine rings is 1. The number of aryl methyl sites for hydroxylation is 1. The van der Waals surface area contributed by atoms with Crippen LogP contribution in [0, 0.1) is 0 Å². The van der Waals surface area contributed by atoms with Crippen LogP contribution in [-0.4, -0.2) is 43.0 Å². The lowest BCUT2D eigenvalue weighted by Gasteiger charge is -2.38. The van der Waals surface area contributed by atoms with Gasteiger partial charge in [0.1, 0.15) is 0 Å². The van der Waals surface area contributed by atoms with E-state index in [4.69, 9.17) is 0 Å². The van der Waals surface area contributed by atoms with Gasteiger partial charge in [0.25, 0.3) is 0 Å². The molecule has 24 heavy (non-hydrogen) atoms. The summed E-state index contributed by atoms with van der Waals surface area (Å²) >= 11 is 1.96. The van der Waals surface area contributed by atoms with E-state index in [0.29, 0.717) is 6.04 Å². The summed E-state index contributed by atoms with van der Waals surface area (Å²) in [4.78, 5) is 8.04. The molecular weight excluding hydrogens is 312 g/mol. The van der Waals surface area contributed by atoms with Crippen LogP contribution in [0.4, 0.5) is 0 Å². The summed E-state index contributed by atoms with van der Waals surface area (Å²) in [7, 11) is 2.23. The standard InChI is InChI=1S/C21H26N2S/c1-3-16-8-9-18-19(23-12-10-22(2)11-13-23)15-17-6-4-5-7-20(17)24-21(18)14-16/h4-9,14,19H,3,10-13,15H2,1-2H3/t19-/m0/s1. The van der Waals surface area contributed by atoms with E-state index in [2.05, 4.69) is 66.2 Å². The van der Waals surface area contributed by atoms with Crippen molar-refractivity contribution in [1.29, 1.82) is 0 Å². The van der Waals surface area contributed by atoms with E-state index in [9.17, 15) is 0 Å². The molecule has 0 N–H and O–H groups in total. The van der Waals surface area contributed by atoms with Gasteiger partial charge >= 0.3 is 0 Å². The molecule has 126 valence electrons. The van der Waals surface area contributed by atoms with Crippen molar-refractivity contribution in [3.63, 3.8) is 0 Å². The molecule has 0 radical (unpaired) electrons. The molecule has 2 aliphatic heterocycles. The van der Waals surface area contributed by atoms with Gasteiger partial charge in [-0.1, -0.05) is 49.0 Å². The molecule has 0 spiro atoms. The molecule has 0 aliphatic carbocycles. The van der Waals surface area contributed by atoms with Crippen molar-refractivity contribution < 1.29 is 0 Å². The largest absolute Gasteiger partial charge is 0.304 e. The summed E-state index contributed by atoms with van der Waals surface area (Å²) in [5.41, 5.74) is 4.47. The van der Waals surface area contributed by atoms with Crippen LogP contribution >= 0.6 is 11.8 Å². The van der Waals surface area contributed by atoms with E-state index >= 15 is 0 Å². The number of rotatable bonds is 2. The Morgan fingerprint density at radius 3 is 2.58 bits per heavy atom. The molecule has 1 atom stereocenters. The van der Waals surface area contributed by atoms with E-state index in [1.54, 1.807) is 0 Å². The molecule has 2 nitrogen and oxygen atoms in total. The number of fused-ring (bicyclic) bond motifs is 2. The number of benzene rings is 2. The first-order valence-electron chi connectivity index (χ1n) is 9.06. The highest BCUT2D eigenvalue weighted by atomic mass is 32.2. The van der Waals surface area contributed by atoms with Gasteiger partial charge in [-0.15, -0.1) is 0 Å². The van der Waals surface area contributed by atoms with Gasteiger partial charge < -0.3 is 4.90 Å². The average Bonchev–Trinajstić information content (AvgIpc) is 2.78. The monoisotopic (exact) mass is 338 g/mol. The van der Waals surface area contributed by atoms with Gasteiger partial charge in [-0.3, -0.25) is 4.90 Å². The number of hydrogen-bond acceptors (Lipinski definition) is 3. The van der Waals surface area contributed by atoms with Gasteiger partial charge in [0.2, 0.25) is 0 Å². The van der Waals surface area contributed by atoms with Crippen molar-refractivity contribution in [2.24, 2.45) is 0 Å². The lowest BCUT2D eigenvalue weighted by molar-refractivity contribution is 0.110. The molecular formula is C21H26N2S. The number of nitrogens with zero attached hydrogens (tertiary/aromatic N) is 2. The van der Waals surface area contributed by atoms with Crippen molar-refractivity contribution in [3.8, 4) is 0 Å². The van der Waals surface area contributed by atoms with E-state index < -0.39 is 0 Å². The Hall–Kier alpha value is -1.29. The summed E-state index contributed by atoms with van der Waals surface area (Å²) in [6.45, 7) is 6.93. The van der Waals surface area contributed by atoms with Crippen LogP contribution in [-0.2, 0) is 12.8 Å². The maximum Gasteiger partial charge on any atom is 0.0401 e. The Labute approximate surface area is 149 Å². The van der Waals surface area contributed by atoms with Crippen LogP contribution in [0.1, 0.15) is 29.7 Å². The molecule has 2 heterocycles. The van der Waals surface area contributed by atoms with Gasteiger partial charge in [0, 0.05) is 42.0 Å². The van der Waals surface area contributed by atoms with Crippen molar-refractivity contribution in [2.75, 3.05) is 33.2 Å².